The van der Waals surface area contributed by atoms with E-state index in [1.165, 1.54) is 18.4 Å². The summed E-state index contributed by atoms with van der Waals surface area (Å²) in [5.74, 6) is 0.395. The van der Waals surface area contributed by atoms with Gasteiger partial charge in [0.05, 0.1) is 23.2 Å². The van der Waals surface area contributed by atoms with Crippen LogP contribution in [-0.4, -0.2) is 58.4 Å². The molecule has 1 fully saturated rings. The number of carbonyl (C=O) groups excluding carboxylic acids is 2. The van der Waals surface area contributed by atoms with E-state index in [9.17, 15) is 9.59 Å². The Morgan fingerprint density at radius 3 is 2.51 bits per heavy atom. The van der Waals surface area contributed by atoms with Crippen molar-refractivity contribution in [3.05, 3.63) is 69.3 Å². The largest absolute Gasteiger partial charge is 0.489 e. The number of methoxy groups -OCH3 is 1. The number of rotatable bonds is 7. The van der Waals surface area contributed by atoms with Crippen molar-refractivity contribution in [1.29, 1.82) is 0 Å². The molecule has 2 aromatic heterocycles. The van der Waals surface area contributed by atoms with Gasteiger partial charge in [0.1, 0.15) is 40.6 Å². The first-order valence-electron chi connectivity index (χ1n) is 13.9. The lowest BCUT2D eigenvalue weighted by atomic mass is 10.1. The molecule has 1 unspecified atom stereocenters. The highest BCUT2D eigenvalue weighted by atomic mass is 35.5. The molecule has 0 bridgehead atoms. The summed E-state index contributed by atoms with van der Waals surface area (Å²) in [6, 6.07) is 12.8. The van der Waals surface area contributed by atoms with Gasteiger partial charge in [-0.15, -0.1) is 11.3 Å². The van der Waals surface area contributed by atoms with Gasteiger partial charge in [0, 0.05) is 42.6 Å². The smallest absolute Gasteiger partial charge is 0.410 e. The normalized spacial score (nSPS) is 14.9. The predicted octanol–water partition coefficient (Wildman–Crippen LogP) is 8.10. The average Bonchev–Trinajstić information content (AvgIpc) is 3.56. The number of hydrogen-bond acceptors (Lipinski definition) is 8. The van der Waals surface area contributed by atoms with Crippen molar-refractivity contribution in [1.82, 2.24) is 14.5 Å². The van der Waals surface area contributed by atoms with Crippen molar-refractivity contribution >= 4 is 57.6 Å². The number of piperidine rings is 1. The molecule has 1 aliphatic heterocycles. The summed E-state index contributed by atoms with van der Waals surface area (Å²) >= 11 is 14.2. The van der Waals surface area contributed by atoms with E-state index in [-0.39, 0.29) is 12.2 Å². The molecule has 43 heavy (non-hydrogen) atoms. The molecule has 3 heterocycles. The predicted molar refractivity (Wildman–Crippen MR) is 167 cm³/mol. The number of nitrogens with zero attached hydrogens (tertiary/aromatic N) is 3. The number of esters is 1. The third-order valence-electron chi connectivity index (χ3n) is 6.92. The summed E-state index contributed by atoms with van der Waals surface area (Å²) in [5, 5.41) is 1.75. The van der Waals surface area contributed by atoms with Crippen molar-refractivity contribution in [2.45, 2.75) is 58.3 Å². The molecule has 0 N–H and O–H groups in total. The number of thiophene rings is 1. The summed E-state index contributed by atoms with van der Waals surface area (Å²) in [7, 11) is 1.33. The van der Waals surface area contributed by atoms with Crippen molar-refractivity contribution in [3.63, 3.8) is 0 Å². The molecule has 12 heteroatoms. The van der Waals surface area contributed by atoms with Crippen LogP contribution in [0.25, 0.3) is 16.0 Å². The molecule has 0 aliphatic carbocycles. The Kier molecular flexibility index (Phi) is 9.10. The Hall–Kier alpha value is -3.47. The first kappa shape index (κ1) is 31.0. The van der Waals surface area contributed by atoms with Gasteiger partial charge >= 0.3 is 12.1 Å². The first-order chi connectivity index (χ1) is 20.4. The Bertz CT molecular complexity index is 1640. The molecular formula is C31H33Cl2N3O6S. The number of imidazole rings is 1. The van der Waals surface area contributed by atoms with E-state index in [0.717, 1.165) is 16.0 Å². The van der Waals surface area contributed by atoms with Gasteiger partial charge < -0.3 is 23.8 Å². The van der Waals surface area contributed by atoms with E-state index in [0.29, 0.717) is 57.9 Å². The highest BCUT2D eigenvalue weighted by molar-refractivity contribution is 7.16. The quantitative estimate of drug-likeness (QED) is 0.187. The number of ether oxygens (including phenoxy) is 4. The maximum atomic E-state index is 12.7. The lowest BCUT2D eigenvalue weighted by Crippen LogP contribution is -2.44. The van der Waals surface area contributed by atoms with Gasteiger partial charge in [0.25, 0.3) is 0 Å². The van der Waals surface area contributed by atoms with E-state index >= 15 is 0 Å². The van der Waals surface area contributed by atoms with Gasteiger partial charge in [-0.2, -0.15) is 0 Å². The fraction of sp³-hybridized carbons (Fsp3) is 0.387. The fourth-order valence-corrected chi connectivity index (χ4v) is 6.30. The average molecular weight is 647 g/mol. The van der Waals surface area contributed by atoms with Crippen LogP contribution in [0.1, 0.15) is 61.9 Å². The molecule has 9 nitrogen and oxygen atoms in total. The second-order valence-electron chi connectivity index (χ2n) is 11.2. The zero-order valence-corrected chi connectivity index (χ0v) is 26.9. The molecule has 0 radical (unpaired) electrons. The third-order valence-corrected chi connectivity index (χ3v) is 8.66. The highest BCUT2D eigenvalue weighted by Gasteiger charge is 2.29. The molecule has 4 aromatic rings. The van der Waals surface area contributed by atoms with Crippen LogP contribution in [0, 0.1) is 0 Å². The molecule has 1 saturated heterocycles. The zero-order valence-electron chi connectivity index (χ0n) is 24.6. The Morgan fingerprint density at radius 2 is 1.81 bits per heavy atom. The maximum absolute atomic E-state index is 12.7. The number of fused-ring (bicyclic) bond motifs is 1. The van der Waals surface area contributed by atoms with Crippen LogP contribution in [0.5, 0.6) is 11.5 Å². The lowest BCUT2D eigenvalue weighted by Gasteiger charge is -2.33. The van der Waals surface area contributed by atoms with Gasteiger partial charge in [-0.25, -0.2) is 14.6 Å². The Morgan fingerprint density at radius 1 is 1.07 bits per heavy atom. The SMILES string of the molecule is COC(=O)c1sc(-n2cnc3cc(Cl)ccc32)cc1OC(C)c1cccc(OC2CCN(C(=O)OC(C)(C)C)CC2)c1Cl. The maximum Gasteiger partial charge on any atom is 0.410 e. The van der Waals surface area contributed by atoms with Gasteiger partial charge in [0.15, 0.2) is 4.88 Å². The standard InChI is InChI=1S/C31H33Cl2N3O6S/c1-18(21-7-6-8-24(27(21)33)41-20-11-13-35(14-12-20)30(38)42-31(2,3)4)40-25-16-26(43-28(25)29(37)39-5)36-17-34-22-15-19(32)9-10-23(22)36/h6-10,15-18,20H,11-14H2,1-5H3. The van der Waals surface area contributed by atoms with Crippen LogP contribution in [0.2, 0.25) is 10.0 Å². The highest BCUT2D eigenvalue weighted by Crippen LogP contribution is 2.40. The number of halogens is 2. The second kappa shape index (κ2) is 12.6. The summed E-state index contributed by atoms with van der Waals surface area (Å²) < 4.78 is 25.0. The van der Waals surface area contributed by atoms with Crippen LogP contribution in [-0.2, 0) is 9.47 Å². The molecule has 1 atom stereocenters. The number of benzene rings is 2. The summed E-state index contributed by atoms with van der Waals surface area (Å²) in [4.78, 5) is 31.6. The topological polar surface area (TPSA) is 92.1 Å². The monoisotopic (exact) mass is 645 g/mol. The molecule has 228 valence electrons. The molecular weight excluding hydrogens is 613 g/mol. The van der Waals surface area contributed by atoms with Gasteiger partial charge in [-0.05, 0) is 52.0 Å². The van der Waals surface area contributed by atoms with E-state index in [1.807, 2.05) is 56.5 Å². The van der Waals surface area contributed by atoms with Crippen molar-refractivity contribution < 1.29 is 28.5 Å². The van der Waals surface area contributed by atoms with Gasteiger partial charge in [-0.1, -0.05) is 35.3 Å². The van der Waals surface area contributed by atoms with E-state index in [2.05, 4.69) is 4.98 Å². The van der Waals surface area contributed by atoms with Gasteiger partial charge in [-0.3, -0.25) is 4.57 Å². The van der Waals surface area contributed by atoms with Crippen LogP contribution in [0.15, 0.2) is 48.8 Å². The van der Waals surface area contributed by atoms with E-state index in [1.54, 1.807) is 29.4 Å². The number of carbonyl (C=O) groups is 2. The van der Waals surface area contributed by atoms with Crippen molar-refractivity contribution in [2.24, 2.45) is 0 Å². The van der Waals surface area contributed by atoms with E-state index < -0.39 is 17.7 Å². The number of aromatic nitrogens is 2. The lowest BCUT2D eigenvalue weighted by molar-refractivity contribution is 0.0126. The zero-order chi connectivity index (χ0) is 30.9. The fourth-order valence-electron chi connectivity index (χ4n) is 4.81. The van der Waals surface area contributed by atoms with Crippen molar-refractivity contribution in [3.8, 4) is 16.5 Å². The third kappa shape index (κ3) is 7.03. The Balaban J connectivity index is 1.31. The van der Waals surface area contributed by atoms with E-state index in [4.69, 9.17) is 42.1 Å². The summed E-state index contributed by atoms with van der Waals surface area (Å²) in [5.41, 5.74) is 1.74. The minimum atomic E-state index is -0.540. The first-order valence-corrected chi connectivity index (χ1v) is 15.5. The minimum absolute atomic E-state index is 0.104. The Labute approximate surface area is 264 Å². The summed E-state index contributed by atoms with van der Waals surface area (Å²) in [6.07, 6.45) is 2.05. The molecule has 0 saturated carbocycles. The number of amides is 1. The van der Waals surface area contributed by atoms with Gasteiger partial charge in [0.2, 0.25) is 0 Å². The van der Waals surface area contributed by atoms with Crippen LogP contribution >= 0.6 is 34.5 Å². The second-order valence-corrected chi connectivity index (χ2v) is 13.1. The molecule has 2 aromatic carbocycles. The minimum Gasteiger partial charge on any atom is -0.489 e. The molecule has 0 spiro atoms. The summed E-state index contributed by atoms with van der Waals surface area (Å²) in [6.45, 7) is 8.49. The van der Waals surface area contributed by atoms with Crippen LogP contribution < -0.4 is 9.47 Å². The van der Waals surface area contributed by atoms with Crippen LogP contribution in [0.3, 0.4) is 0 Å². The van der Waals surface area contributed by atoms with Crippen molar-refractivity contribution in [2.75, 3.05) is 20.2 Å². The number of hydrogen-bond donors (Lipinski definition) is 0. The molecule has 1 amide bonds. The molecule has 5 rings (SSSR count). The van der Waals surface area contributed by atoms with Crippen LogP contribution in [0.4, 0.5) is 4.79 Å². The molecule has 1 aliphatic rings. The number of likely N-dealkylation sites (tertiary alicyclic amines) is 1.